The molecular weight excluding hydrogens is 298 g/mol. The summed E-state index contributed by atoms with van der Waals surface area (Å²) in [5.41, 5.74) is 2.20. The predicted molar refractivity (Wildman–Crippen MR) is 88.6 cm³/mol. The Labute approximate surface area is 135 Å². The summed E-state index contributed by atoms with van der Waals surface area (Å²) in [6.45, 7) is 3.84. The van der Waals surface area contributed by atoms with Gasteiger partial charge in [-0.2, -0.15) is 0 Å². The van der Waals surface area contributed by atoms with Crippen LogP contribution in [-0.2, 0) is 11.2 Å². The average molecular weight is 316 g/mol. The molecule has 3 nitrogen and oxygen atoms in total. The fourth-order valence-corrected chi connectivity index (χ4v) is 2.99. The van der Waals surface area contributed by atoms with Gasteiger partial charge in [-0.3, -0.25) is 4.79 Å². The van der Waals surface area contributed by atoms with Crippen molar-refractivity contribution < 1.29 is 9.53 Å². The van der Waals surface area contributed by atoms with Gasteiger partial charge in [-0.05, 0) is 56.2 Å². The molecule has 22 heavy (non-hydrogen) atoms. The van der Waals surface area contributed by atoms with E-state index in [1.807, 2.05) is 23.1 Å². The highest BCUT2D eigenvalue weighted by atomic mass is 35.5. The molecule has 0 saturated heterocycles. The minimum absolute atomic E-state index is 0.0209. The van der Waals surface area contributed by atoms with Gasteiger partial charge in [0.05, 0.1) is 0 Å². The van der Waals surface area contributed by atoms with Crippen LogP contribution in [0.3, 0.4) is 0 Å². The first-order valence-electron chi connectivity index (χ1n) is 7.39. The molecule has 0 radical (unpaired) electrons. The molecule has 2 aromatic carbocycles. The maximum atomic E-state index is 12.8. The third-order valence-electron chi connectivity index (χ3n) is 3.92. The molecule has 0 spiro atoms. The van der Waals surface area contributed by atoms with Crippen LogP contribution in [0.15, 0.2) is 48.5 Å². The van der Waals surface area contributed by atoms with E-state index in [0.717, 1.165) is 12.1 Å². The van der Waals surface area contributed by atoms with Crippen LogP contribution in [0.25, 0.3) is 0 Å². The molecule has 0 bridgehead atoms. The second-order valence-corrected chi connectivity index (χ2v) is 6.04. The molecule has 1 aliphatic rings. The number of ether oxygens (including phenoxy) is 1. The third-order valence-corrected chi connectivity index (χ3v) is 4.17. The molecule has 0 unspecified atom stereocenters. The maximum Gasteiger partial charge on any atom is 0.268 e. The summed E-state index contributed by atoms with van der Waals surface area (Å²) >= 11 is 5.86. The van der Waals surface area contributed by atoms with E-state index < -0.39 is 6.10 Å². The smallest absolute Gasteiger partial charge is 0.268 e. The number of carbonyl (C=O) groups is 1. The molecule has 2 aromatic rings. The Morgan fingerprint density at radius 2 is 1.91 bits per heavy atom. The minimum atomic E-state index is -0.546. The number of carbonyl (C=O) groups excluding carboxylic acids is 1. The molecule has 0 aromatic heterocycles. The lowest BCUT2D eigenvalue weighted by Crippen LogP contribution is -2.43. The summed E-state index contributed by atoms with van der Waals surface area (Å²) in [5, 5.41) is 0.647. The average Bonchev–Trinajstić information content (AvgIpc) is 2.84. The molecule has 4 heteroatoms. The van der Waals surface area contributed by atoms with Crippen LogP contribution in [0.4, 0.5) is 5.69 Å². The lowest BCUT2D eigenvalue weighted by atomic mass is 10.1. The van der Waals surface area contributed by atoms with Crippen molar-refractivity contribution in [2.45, 2.75) is 32.4 Å². The molecule has 114 valence electrons. The van der Waals surface area contributed by atoms with Crippen molar-refractivity contribution in [1.29, 1.82) is 0 Å². The largest absolute Gasteiger partial charge is 0.481 e. The van der Waals surface area contributed by atoms with E-state index in [4.69, 9.17) is 16.3 Å². The highest BCUT2D eigenvalue weighted by Gasteiger charge is 2.33. The molecule has 2 atom stereocenters. The number of anilines is 1. The van der Waals surface area contributed by atoms with E-state index in [2.05, 4.69) is 13.0 Å². The molecule has 3 rings (SSSR count). The number of para-hydroxylation sites is 1. The van der Waals surface area contributed by atoms with Crippen LogP contribution in [0.2, 0.25) is 5.02 Å². The van der Waals surface area contributed by atoms with Crippen molar-refractivity contribution in [3.8, 4) is 5.75 Å². The Morgan fingerprint density at radius 3 is 2.64 bits per heavy atom. The van der Waals surface area contributed by atoms with Gasteiger partial charge in [-0.15, -0.1) is 0 Å². The van der Waals surface area contributed by atoms with Crippen molar-refractivity contribution in [1.82, 2.24) is 0 Å². The number of fused-ring (bicyclic) bond motifs is 1. The molecule has 0 fully saturated rings. The van der Waals surface area contributed by atoms with Gasteiger partial charge in [0.25, 0.3) is 5.91 Å². The predicted octanol–water partition coefficient (Wildman–Crippen LogP) is 4.09. The number of rotatable bonds is 3. The Balaban J connectivity index is 1.77. The second kappa shape index (κ2) is 6.01. The molecule has 1 heterocycles. The van der Waals surface area contributed by atoms with Crippen LogP contribution in [0, 0.1) is 0 Å². The quantitative estimate of drug-likeness (QED) is 0.854. The second-order valence-electron chi connectivity index (χ2n) is 5.60. The van der Waals surface area contributed by atoms with Crippen LogP contribution in [0.1, 0.15) is 19.4 Å². The van der Waals surface area contributed by atoms with Crippen molar-refractivity contribution in [2.75, 3.05) is 4.90 Å². The Kier molecular flexibility index (Phi) is 4.08. The zero-order valence-electron chi connectivity index (χ0n) is 12.6. The van der Waals surface area contributed by atoms with E-state index in [0.29, 0.717) is 10.8 Å². The van der Waals surface area contributed by atoms with E-state index in [1.165, 1.54) is 5.56 Å². The van der Waals surface area contributed by atoms with Gasteiger partial charge >= 0.3 is 0 Å². The summed E-state index contributed by atoms with van der Waals surface area (Å²) in [6.07, 6.45) is 0.338. The fourth-order valence-electron chi connectivity index (χ4n) is 2.86. The molecule has 0 saturated carbocycles. The first-order chi connectivity index (χ1) is 10.6. The molecule has 1 aliphatic heterocycles. The standard InChI is InChI=1S/C18H18ClNO2/c1-12-11-14-5-3-4-6-17(14)20(12)18(21)13(2)22-16-9-7-15(19)8-10-16/h3-10,12-13H,11H2,1-2H3/t12-,13-/m1/s1. The Bertz CT molecular complexity index is 684. The molecule has 0 aliphatic carbocycles. The molecule has 0 N–H and O–H groups in total. The van der Waals surface area contributed by atoms with Crippen molar-refractivity contribution >= 4 is 23.2 Å². The van der Waals surface area contributed by atoms with Crippen LogP contribution >= 0.6 is 11.6 Å². The van der Waals surface area contributed by atoms with E-state index in [9.17, 15) is 4.79 Å². The highest BCUT2D eigenvalue weighted by Crippen LogP contribution is 2.32. The van der Waals surface area contributed by atoms with Gasteiger partial charge in [0.1, 0.15) is 5.75 Å². The summed E-state index contributed by atoms with van der Waals surface area (Å²) in [4.78, 5) is 14.6. The first kappa shape index (κ1) is 14.9. The van der Waals surface area contributed by atoms with Gasteiger partial charge in [0.15, 0.2) is 6.10 Å². The minimum Gasteiger partial charge on any atom is -0.481 e. The monoisotopic (exact) mass is 315 g/mol. The number of benzene rings is 2. The Hall–Kier alpha value is -2.00. The topological polar surface area (TPSA) is 29.5 Å². The van der Waals surface area contributed by atoms with Gasteiger partial charge in [0, 0.05) is 16.8 Å². The maximum absolute atomic E-state index is 12.8. The van der Waals surface area contributed by atoms with Gasteiger partial charge in [-0.25, -0.2) is 0 Å². The van der Waals surface area contributed by atoms with Gasteiger partial charge in [-0.1, -0.05) is 29.8 Å². The van der Waals surface area contributed by atoms with Crippen LogP contribution in [-0.4, -0.2) is 18.1 Å². The van der Waals surface area contributed by atoms with E-state index >= 15 is 0 Å². The zero-order valence-corrected chi connectivity index (χ0v) is 13.4. The number of nitrogens with zero attached hydrogens (tertiary/aromatic N) is 1. The molecular formula is C18H18ClNO2. The van der Waals surface area contributed by atoms with Crippen LogP contribution in [0.5, 0.6) is 5.75 Å². The van der Waals surface area contributed by atoms with Crippen LogP contribution < -0.4 is 9.64 Å². The number of halogens is 1. The fraction of sp³-hybridized carbons (Fsp3) is 0.278. The normalized spacial score (nSPS) is 18.0. The zero-order chi connectivity index (χ0) is 15.7. The Morgan fingerprint density at radius 1 is 1.23 bits per heavy atom. The number of amides is 1. The summed E-state index contributed by atoms with van der Waals surface area (Å²) < 4.78 is 5.76. The number of hydrogen-bond donors (Lipinski definition) is 0. The first-order valence-corrected chi connectivity index (χ1v) is 7.77. The number of hydrogen-bond acceptors (Lipinski definition) is 2. The SMILES string of the molecule is C[C@@H]1Cc2ccccc2N1C(=O)[C@@H](C)Oc1ccc(Cl)cc1. The third kappa shape index (κ3) is 2.81. The summed E-state index contributed by atoms with van der Waals surface area (Å²) in [6, 6.07) is 15.2. The highest BCUT2D eigenvalue weighted by molar-refractivity contribution is 6.30. The lowest BCUT2D eigenvalue weighted by molar-refractivity contribution is -0.124. The van der Waals surface area contributed by atoms with Gasteiger partial charge in [0.2, 0.25) is 0 Å². The van der Waals surface area contributed by atoms with E-state index in [-0.39, 0.29) is 11.9 Å². The summed E-state index contributed by atoms with van der Waals surface area (Å²) in [5.74, 6) is 0.623. The van der Waals surface area contributed by atoms with E-state index in [1.54, 1.807) is 31.2 Å². The molecule has 1 amide bonds. The van der Waals surface area contributed by atoms with Crippen molar-refractivity contribution in [3.05, 3.63) is 59.1 Å². The summed E-state index contributed by atoms with van der Waals surface area (Å²) in [7, 11) is 0. The lowest BCUT2D eigenvalue weighted by Gasteiger charge is -2.26. The van der Waals surface area contributed by atoms with Crippen molar-refractivity contribution in [3.63, 3.8) is 0 Å². The van der Waals surface area contributed by atoms with Gasteiger partial charge < -0.3 is 9.64 Å². The van der Waals surface area contributed by atoms with Crippen molar-refractivity contribution in [2.24, 2.45) is 0 Å².